The number of fused-ring (bicyclic) bond motifs is 1. The van der Waals surface area contributed by atoms with Gasteiger partial charge in [-0.25, -0.2) is 0 Å². The van der Waals surface area contributed by atoms with Crippen LogP contribution in [0.5, 0.6) is 5.75 Å². The summed E-state index contributed by atoms with van der Waals surface area (Å²) in [5.41, 5.74) is 6.42. The van der Waals surface area contributed by atoms with Gasteiger partial charge in [-0.1, -0.05) is 84.9 Å². The first kappa shape index (κ1) is 20.1. The average molecular weight is 420 g/mol. The molecule has 0 radical (unpaired) electrons. The van der Waals surface area contributed by atoms with Crippen LogP contribution in [0.3, 0.4) is 0 Å². The summed E-state index contributed by atoms with van der Waals surface area (Å²) < 4.78 is 5.61. The maximum atomic E-state index is 13.5. The Morgan fingerprint density at radius 3 is 2.06 bits per heavy atom. The largest absolute Gasteiger partial charge is 0.493 e. The number of benzene rings is 4. The lowest BCUT2D eigenvalue weighted by atomic mass is 10.0. The molecule has 1 heterocycles. The van der Waals surface area contributed by atoms with Crippen molar-refractivity contribution in [2.45, 2.75) is 19.5 Å². The summed E-state index contributed by atoms with van der Waals surface area (Å²) in [6.45, 7) is 1.80. The molecule has 1 aliphatic heterocycles. The fraction of sp³-hybridized carbons (Fsp3) is 0.138. The summed E-state index contributed by atoms with van der Waals surface area (Å²) in [5, 5.41) is 0. The number of carbonyl (C=O) groups excluding carboxylic acids is 1. The Labute approximate surface area is 188 Å². The Kier molecular flexibility index (Phi) is 5.71. The molecule has 0 spiro atoms. The van der Waals surface area contributed by atoms with Gasteiger partial charge in [0.25, 0.3) is 5.91 Å². The molecule has 0 unspecified atom stereocenters. The highest BCUT2D eigenvalue weighted by Gasteiger charge is 2.20. The van der Waals surface area contributed by atoms with Crippen LogP contribution >= 0.6 is 0 Å². The standard InChI is InChI=1S/C29H25NO2/c31-29(27-15-16-28-26(19-27)17-18-32-28)30(20-22-7-3-1-4-8-22)21-23-11-13-25(14-12-23)24-9-5-2-6-10-24/h1-16,19H,17-18,20-21H2. The molecule has 0 aromatic heterocycles. The smallest absolute Gasteiger partial charge is 0.254 e. The van der Waals surface area contributed by atoms with Crippen LogP contribution in [-0.4, -0.2) is 17.4 Å². The normalized spacial score (nSPS) is 12.1. The van der Waals surface area contributed by atoms with E-state index in [1.165, 1.54) is 11.1 Å². The average Bonchev–Trinajstić information content (AvgIpc) is 3.33. The Morgan fingerprint density at radius 1 is 0.719 bits per heavy atom. The summed E-state index contributed by atoms with van der Waals surface area (Å²) in [6.07, 6.45) is 0.857. The number of hydrogen-bond donors (Lipinski definition) is 0. The molecule has 3 heteroatoms. The van der Waals surface area contributed by atoms with Crippen LogP contribution in [0.25, 0.3) is 11.1 Å². The number of nitrogens with zero attached hydrogens (tertiary/aromatic N) is 1. The van der Waals surface area contributed by atoms with E-state index in [0.717, 1.165) is 28.9 Å². The van der Waals surface area contributed by atoms with Crippen molar-refractivity contribution in [3.63, 3.8) is 0 Å². The molecule has 158 valence electrons. The second-order valence-corrected chi connectivity index (χ2v) is 8.13. The molecular weight excluding hydrogens is 394 g/mol. The molecule has 0 fully saturated rings. The highest BCUT2D eigenvalue weighted by Crippen LogP contribution is 2.27. The van der Waals surface area contributed by atoms with Gasteiger partial charge in [0.2, 0.25) is 0 Å². The fourth-order valence-electron chi connectivity index (χ4n) is 4.16. The van der Waals surface area contributed by atoms with Crippen molar-refractivity contribution in [1.29, 1.82) is 0 Å². The lowest BCUT2D eigenvalue weighted by Crippen LogP contribution is -2.30. The zero-order valence-corrected chi connectivity index (χ0v) is 17.9. The Hall–Kier alpha value is -3.85. The van der Waals surface area contributed by atoms with Gasteiger partial charge in [0.05, 0.1) is 6.61 Å². The van der Waals surface area contributed by atoms with E-state index < -0.39 is 0 Å². The van der Waals surface area contributed by atoms with Crippen molar-refractivity contribution in [2.24, 2.45) is 0 Å². The minimum atomic E-state index is 0.0377. The third kappa shape index (κ3) is 4.42. The molecule has 3 nitrogen and oxygen atoms in total. The van der Waals surface area contributed by atoms with Crippen LogP contribution in [0.2, 0.25) is 0 Å². The van der Waals surface area contributed by atoms with E-state index in [9.17, 15) is 4.79 Å². The van der Waals surface area contributed by atoms with Gasteiger partial charge in [0.15, 0.2) is 0 Å². The Balaban J connectivity index is 1.40. The van der Waals surface area contributed by atoms with Gasteiger partial charge in [0.1, 0.15) is 5.75 Å². The maximum Gasteiger partial charge on any atom is 0.254 e. The van der Waals surface area contributed by atoms with Gasteiger partial charge >= 0.3 is 0 Å². The summed E-state index contributed by atoms with van der Waals surface area (Å²) in [7, 11) is 0. The number of carbonyl (C=O) groups is 1. The molecule has 1 amide bonds. The monoisotopic (exact) mass is 419 g/mol. The second kappa shape index (κ2) is 9.11. The fourth-order valence-corrected chi connectivity index (χ4v) is 4.16. The molecule has 0 N–H and O–H groups in total. The molecule has 0 saturated carbocycles. The van der Waals surface area contributed by atoms with E-state index in [1.807, 2.05) is 59.5 Å². The molecule has 32 heavy (non-hydrogen) atoms. The zero-order chi connectivity index (χ0) is 21.8. The minimum absolute atomic E-state index is 0.0377. The predicted octanol–water partition coefficient (Wildman–Crippen LogP) is 6.13. The highest BCUT2D eigenvalue weighted by molar-refractivity contribution is 5.94. The van der Waals surface area contributed by atoms with Crippen molar-refractivity contribution in [3.05, 3.63) is 125 Å². The number of ether oxygens (including phenoxy) is 1. The van der Waals surface area contributed by atoms with Crippen molar-refractivity contribution in [1.82, 2.24) is 4.90 Å². The molecule has 5 rings (SSSR count). The number of amides is 1. The lowest BCUT2D eigenvalue weighted by Gasteiger charge is -2.24. The van der Waals surface area contributed by atoms with Crippen molar-refractivity contribution >= 4 is 5.91 Å². The summed E-state index contributed by atoms with van der Waals surface area (Å²) in [6, 6.07) is 34.8. The van der Waals surface area contributed by atoms with E-state index in [1.54, 1.807) is 0 Å². The van der Waals surface area contributed by atoms with E-state index in [0.29, 0.717) is 25.3 Å². The van der Waals surface area contributed by atoms with E-state index >= 15 is 0 Å². The highest BCUT2D eigenvalue weighted by atomic mass is 16.5. The van der Waals surface area contributed by atoms with Crippen LogP contribution in [0, 0.1) is 0 Å². The van der Waals surface area contributed by atoms with Crippen LogP contribution < -0.4 is 4.74 Å². The second-order valence-electron chi connectivity index (χ2n) is 8.13. The maximum absolute atomic E-state index is 13.5. The summed E-state index contributed by atoms with van der Waals surface area (Å²) >= 11 is 0. The van der Waals surface area contributed by atoms with Crippen molar-refractivity contribution in [3.8, 4) is 16.9 Å². The molecular formula is C29H25NO2. The molecule has 4 aromatic carbocycles. The molecule has 0 bridgehead atoms. The van der Waals surface area contributed by atoms with Gasteiger partial charge in [-0.05, 0) is 46.0 Å². The Bertz CT molecular complexity index is 1200. The van der Waals surface area contributed by atoms with E-state index in [2.05, 4.69) is 48.5 Å². The zero-order valence-electron chi connectivity index (χ0n) is 17.9. The third-order valence-corrected chi connectivity index (χ3v) is 5.87. The van der Waals surface area contributed by atoms with Gasteiger partial charge in [0, 0.05) is 25.1 Å². The molecule has 0 atom stereocenters. The predicted molar refractivity (Wildman–Crippen MR) is 128 cm³/mol. The molecule has 0 aliphatic carbocycles. The van der Waals surface area contributed by atoms with Gasteiger partial charge < -0.3 is 9.64 Å². The molecule has 1 aliphatic rings. The quantitative estimate of drug-likeness (QED) is 0.376. The topological polar surface area (TPSA) is 29.5 Å². The SMILES string of the molecule is O=C(c1ccc2c(c1)CCO2)N(Cc1ccccc1)Cc1ccc(-c2ccccc2)cc1. The summed E-state index contributed by atoms with van der Waals surface area (Å²) in [5.74, 6) is 0.934. The van der Waals surface area contributed by atoms with E-state index in [-0.39, 0.29) is 5.91 Å². The van der Waals surface area contributed by atoms with Crippen LogP contribution in [0.1, 0.15) is 27.0 Å². The number of rotatable bonds is 6. The number of hydrogen-bond acceptors (Lipinski definition) is 2. The van der Waals surface area contributed by atoms with Crippen LogP contribution in [-0.2, 0) is 19.5 Å². The van der Waals surface area contributed by atoms with Crippen molar-refractivity contribution in [2.75, 3.05) is 6.61 Å². The minimum Gasteiger partial charge on any atom is -0.493 e. The van der Waals surface area contributed by atoms with Crippen LogP contribution in [0.15, 0.2) is 103 Å². The first-order chi connectivity index (χ1) is 15.8. The van der Waals surface area contributed by atoms with Gasteiger partial charge in [-0.2, -0.15) is 0 Å². The summed E-state index contributed by atoms with van der Waals surface area (Å²) in [4.78, 5) is 15.4. The van der Waals surface area contributed by atoms with E-state index in [4.69, 9.17) is 4.74 Å². The lowest BCUT2D eigenvalue weighted by molar-refractivity contribution is 0.0730. The van der Waals surface area contributed by atoms with Crippen LogP contribution in [0.4, 0.5) is 0 Å². The Morgan fingerprint density at radius 2 is 1.34 bits per heavy atom. The first-order valence-electron chi connectivity index (χ1n) is 11.0. The molecule has 4 aromatic rings. The first-order valence-corrected chi connectivity index (χ1v) is 11.0. The van der Waals surface area contributed by atoms with Crippen molar-refractivity contribution < 1.29 is 9.53 Å². The molecule has 0 saturated heterocycles. The van der Waals surface area contributed by atoms with Gasteiger partial charge in [-0.3, -0.25) is 4.79 Å². The van der Waals surface area contributed by atoms with Gasteiger partial charge in [-0.15, -0.1) is 0 Å². The third-order valence-electron chi connectivity index (χ3n) is 5.87.